The van der Waals surface area contributed by atoms with Gasteiger partial charge in [-0.1, -0.05) is 20.8 Å². The second-order valence-corrected chi connectivity index (χ2v) is 4.90. The number of methoxy groups -OCH3 is 1. The quantitative estimate of drug-likeness (QED) is 0.623. The number of nitrogens with two attached hydrogens (primary N) is 1. The molecule has 1 unspecified atom stereocenters. The van der Waals surface area contributed by atoms with E-state index in [1.54, 1.807) is 12.1 Å². The van der Waals surface area contributed by atoms with Crippen LogP contribution in [0.25, 0.3) is 0 Å². The van der Waals surface area contributed by atoms with Crippen LogP contribution in [-0.4, -0.2) is 19.6 Å². The van der Waals surface area contributed by atoms with Gasteiger partial charge in [0.15, 0.2) is 0 Å². The Balaban J connectivity index is 2.71. The van der Waals surface area contributed by atoms with Gasteiger partial charge in [-0.3, -0.25) is 0 Å². The van der Waals surface area contributed by atoms with Gasteiger partial charge in [0.1, 0.15) is 0 Å². The van der Waals surface area contributed by atoms with Crippen molar-refractivity contribution in [3.63, 3.8) is 0 Å². The molecule has 0 aromatic heterocycles. The minimum Gasteiger partial charge on any atom is -0.465 e. The van der Waals surface area contributed by atoms with Crippen LogP contribution in [0.2, 0.25) is 0 Å². The van der Waals surface area contributed by atoms with Crippen molar-refractivity contribution in [2.75, 3.05) is 24.7 Å². The Kier molecular flexibility index (Phi) is 5.01. The minimum atomic E-state index is -0.371. The Labute approximate surface area is 109 Å². The Hall–Kier alpha value is -1.71. The highest BCUT2D eigenvalue weighted by Crippen LogP contribution is 2.21. The van der Waals surface area contributed by atoms with E-state index in [0.717, 1.165) is 12.2 Å². The summed E-state index contributed by atoms with van der Waals surface area (Å²) in [4.78, 5) is 11.3. The first-order valence-corrected chi connectivity index (χ1v) is 6.17. The maximum Gasteiger partial charge on any atom is 0.337 e. The molecule has 0 radical (unpaired) electrons. The zero-order valence-corrected chi connectivity index (χ0v) is 11.5. The van der Waals surface area contributed by atoms with Gasteiger partial charge < -0.3 is 15.8 Å². The van der Waals surface area contributed by atoms with Crippen LogP contribution in [-0.2, 0) is 4.74 Å². The van der Waals surface area contributed by atoms with Crippen LogP contribution < -0.4 is 11.1 Å². The summed E-state index contributed by atoms with van der Waals surface area (Å²) in [5, 5.41) is 3.30. The van der Waals surface area contributed by atoms with E-state index < -0.39 is 0 Å². The van der Waals surface area contributed by atoms with E-state index in [2.05, 4.69) is 30.8 Å². The molecule has 0 heterocycles. The zero-order valence-electron chi connectivity index (χ0n) is 11.5. The van der Waals surface area contributed by atoms with Gasteiger partial charge in [-0.2, -0.15) is 0 Å². The third-order valence-corrected chi connectivity index (χ3v) is 3.23. The molecule has 18 heavy (non-hydrogen) atoms. The van der Waals surface area contributed by atoms with Crippen LogP contribution >= 0.6 is 0 Å². The van der Waals surface area contributed by atoms with Crippen molar-refractivity contribution >= 4 is 17.3 Å². The van der Waals surface area contributed by atoms with Crippen LogP contribution in [0.15, 0.2) is 18.2 Å². The van der Waals surface area contributed by atoms with E-state index in [0.29, 0.717) is 23.1 Å². The maximum atomic E-state index is 11.3. The van der Waals surface area contributed by atoms with Gasteiger partial charge in [-0.05, 0) is 30.0 Å². The van der Waals surface area contributed by atoms with E-state index in [-0.39, 0.29) is 5.97 Å². The fourth-order valence-electron chi connectivity index (χ4n) is 1.48. The van der Waals surface area contributed by atoms with Crippen LogP contribution in [0.4, 0.5) is 11.4 Å². The largest absolute Gasteiger partial charge is 0.465 e. The summed E-state index contributed by atoms with van der Waals surface area (Å²) in [5.74, 6) is 0.807. The maximum absolute atomic E-state index is 11.3. The average Bonchev–Trinajstić information content (AvgIpc) is 2.35. The molecule has 100 valence electrons. The molecule has 0 fully saturated rings. The highest BCUT2D eigenvalue weighted by atomic mass is 16.5. The molecule has 0 aliphatic heterocycles. The fraction of sp³-hybridized carbons (Fsp3) is 0.500. The summed E-state index contributed by atoms with van der Waals surface area (Å²) in [5.41, 5.74) is 7.80. The van der Waals surface area contributed by atoms with Crippen molar-refractivity contribution in [1.82, 2.24) is 0 Å². The number of nitrogen functional groups attached to an aromatic ring is 1. The summed E-state index contributed by atoms with van der Waals surface area (Å²) in [6.45, 7) is 7.43. The van der Waals surface area contributed by atoms with Gasteiger partial charge in [0.05, 0.1) is 24.0 Å². The number of hydrogen-bond acceptors (Lipinski definition) is 4. The molecule has 0 bridgehead atoms. The minimum absolute atomic E-state index is 0.371. The summed E-state index contributed by atoms with van der Waals surface area (Å²) >= 11 is 0. The van der Waals surface area contributed by atoms with Crippen molar-refractivity contribution in [2.24, 2.45) is 11.8 Å². The van der Waals surface area contributed by atoms with E-state index >= 15 is 0 Å². The third kappa shape index (κ3) is 3.65. The molecule has 4 heteroatoms. The van der Waals surface area contributed by atoms with Crippen molar-refractivity contribution in [3.8, 4) is 0 Å². The highest BCUT2D eigenvalue weighted by molar-refractivity contribution is 5.91. The average molecular weight is 250 g/mol. The second kappa shape index (κ2) is 6.28. The molecule has 1 aromatic carbocycles. The van der Waals surface area contributed by atoms with Gasteiger partial charge in [0, 0.05) is 6.54 Å². The van der Waals surface area contributed by atoms with Gasteiger partial charge >= 0.3 is 5.97 Å². The molecule has 0 saturated carbocycles. The topological polar surface area (TPSA) is 64.3 Å². The van der Waals surface area contributed by atoms with Crippen molar-refractivity contribution in [3.05, 3.63) is 23.8 Å². The predicted molar refractivity (Wildman–Crippen MR) is 74.7 cm³/mol. The van der Waals surface area contributed by atoms with Crippen molar-refractivity contribution in [1.29, 1.82) is 0 Å². The molecule has 0 spiro atoms. The Morgan fingerprint density at radius 1 is 1.39 bits per heavy atom. The first kappa shape index (κ1) is 14.4. The number of nitrogens with one attached hydrogen (secondary N) is 1. The van der Waals surface area contributed by atoms with E-state index in [9.17, 15) is 4.79 Å². The smallest absolute Gasteiger partial charge is 0.337 e. The number of benzene rings is 1. The number of rotatable bonds is 5. The van der Waals surface area contributed by atoms with Gasteiger partial charge in [0.25, 0.3) is 0 Å². The lowest BCUT2D eigenvalue weighted by atomic mass is 9.98. The molecule has 0 aliphatic rings. The Morgan fingerprint density at radius 2 is 2.06 bits per heavy atom. The van der Waals surface area contributed by atoms with Crippen LogP contribution in [0.3, 0.4) is 0 Å². The lowest BCUT2D eigenvalue weighted by Gasteiger charge is -2.18. The number of carbonyl (C=O) groups is 1. The van der Waals surface area contributed by atoms with Crippen molar-refractivity contribution < 1.29 is 9.53 Å². The zero-order chi connectivity index (χ0) is 13.7. The molecular weight excluding hydrogens is 228 g/mol. The SMILES string of the molecule is COC(=O)c1ccc(NCC(C)C(C)C)c(N)c1. The highest BCUT2D eigenvalue weighted by Gasteiger charge is 2.10. The van der Waals surface area contributed by atoms with Crippen LogP contribution in [0.5, 0.6) is 0 Å². The molecule has 4 nitrogen and oxygen atoms in total. The number of hydrogen-bond donors (Lipinski definition) is 2. The summed E-state index contributed by atoms with van der Waals surface area (Å²) in [6.07, 6.45) is 0. The predicted octanol–water partition coefficient (Wildman–Crippen LogP) is 2.76. The summed E-state index contributed by atoms with van der Waals surface area (Å²) in [6, 6.07) is 5.16. The molecule has 0 saturated heterocycles. The van der Waals surface area contributed by atoms with Crippen LogP contribution in [0, 0.1) is 11.8 Å². The Morgan fingerprint density at radius 3 is 2.56 bits per heavy atom. The van der Waals surface area contributed by atoms with Gasteiger partial charge in [0.2, 0.25) is 0 Å². The number of ether oxygens (including phenoxy) is 1. The molecule has 0 amide bonds. The monoisotopic (exact) mass is 250 g/mol. The first-order valence-electron chi connectivity index (χ1n) is 6.17. The molecular formula is C14H22N2O2. The van der Waals surface area contributed by atoms with Gasteiger partial charge in [-0.25, -0.2) is 4.79 Å². The summed E-state index contributed by atoms with van der Waals surface area (Å²) < 4.78 is 4.65. The van der Waals surface area contributed by atoms with Crippen molar-refractivity contribution in [2.45, 2.75) is 20.8 Å². The van der Waals surface area contributed by atoms with Crippen LogP contribution in [0.1, 0.15) is 31.1 Å². The van der Waals surface area contributed by atoms with E-state index in [1.165, 1.54) is 7.11 Å². The molecule has 3 N–H and O–H groups in total. The fourth-order valence-corrected chi connectivity index (χ4v) is 1.48. The standard InChI is InChI=1S/C14H22N2O2/c1-9(2)10(3)8-16-13-6-5-11(7-12(13)15)14(17)18-4/h5-7,9-10,16H,8,15H2,1-4H3. The molecule has 1 atom stereocenters. The summed E-state index contributed by atoms with van der Waals surface area (Å²) in [7, 11) is 1.36. The normalized spacial score (nSPS) is 12.3. The van der Waals surface area contributed by atoms with E-state index in [1.807, 2.05) is 6.07 Å². The van der Waals surface area contributed by atoms with Gasteiger partial charge in [-0.15, -0.1) is 0 Å². The second-order valence-electron chi connectivity index (χ2n) is 4.90. The number of esters is 1. The lowest BCUT2D eigenvalue weighted by molar-refractivity contribution is 0.0601. The molecule has 1 rings (SSSR count). The number of anilines is 2. The Bertz CT molecular complexity index is 416. The third-order valence-electron chi connectivity index (χ3n) is 3.23. The molecule has 1 aromatic rings. The molecule has 0 aliphatic carbocycles. The first-order chi connectivity index (χ1) is 8.45. The van der Waals surface area contributed by atoms with E-state index in [4.69, 9.17) is 5.73 Å². The lowest BCUT2D eigenvalue weighted by Crippen LogP contribution is -2.17. The number of carbonyl (C=O) groups excluding carboxylic acids is 1.